The monoisotopic (exact) mass is 255 g/mol. The average molecular weight is 255 g/mol. The van der Waals surface area contributed by atoms with Crippen molar-refractivity contribution in [3.05, 3.63) is 42.1 Å². The Labute approximate surface area is 109 Å². The summed E-state index contributed by atoms with van der Waals surface area (Å²) in [5.41, 5.74) is 13.1. The van der Waals surface area contributed by atoms with Crippen molar-refractivity contribution in [1.29, 1.82) is 5.41 Å². The third-order valence-electron chi connectivity index (χ3n) is 2.65. The second kappa shape index (κ2) is 5.18. The molecule has 0 saturated carbocycles. The van der Waals surface area contributed by atoms with Crippen LogP contribution < -0.4 is 11.5 Å². The van der Waals surface area contributed by atoms with Crippen LogP contribution in [0.1, 0.15) is 5.56 Å². The number of nitrogens with one attached hydrogen (secondary N) is 1. The van der Waals surface area contributed by atoms with Gasteiger partial charge in [-0.3, -0.25) is 0 Å². The van der Waals surface area contributed by atoms with Crippen LogP contribution in [0.2, 0.25) is 0 Å². The molecule has 0 saturated heterocycles. The molecule has 0 aliphatic carbocycles. The van der Waals surface area contributed by atoms with Crippen molar-refractivity contribution in [3.63, 3.8) is 0 Å². The third kappa shape index (κ3) is 2.37. The fourth-order valence-corrected chi connectivity index (χ4v) is 1.67. The molecule has 6 N–H and O–H groups in total. The molecule has 19 heavy (non-hydrogen) atoms. The molecule has 96 valence electrons. The molecule has 0 aliphatic heterocycles. The van der Waals surface area contributed by atoms with Crippen LogP contribution >= 0.6 is 0 Å². The predicted octanol–water partition coefficient (Wildman–Crippen LogP) is 1.38. The van der Waals surface area contributed by atoms with Gasteiger partial charge < -0.3 is 22.0 Å². The van der Waals surface area contributed by atoms with Gasteiger partial charge in [0.1, 0.15) is 5.75 Å². The van der Waals surface area contributed by atoms with E-state index in [1.807, 2.05) is 0 Å². The summed E-state index contributed by atoms with van der Waals surface area (Å²) in [5, 5.41) is 24.9. The molecule has 0 aliphatic rings. The summed E-state index contributed by atoms with van der Waals surface area (Å²) in [6.45, 7) is 0. The van der Waals surface area contributed by atoms with E-state index in [9.17, 15) is 5.11 Å². The minimum atomic E-state index is 0.0978. The smallest absolute Gasteiger partial charge is 0.154 e. The van der Waals surface area contributed by atoms with Crippen molar-refractivity contribution < 1.29 is 5.11 Å². The second-order valence-electron chi connectivity index (χ2n) is 3.81. The van der Waals surface area contributed by atoms with Crippen LogP contribution in [0, 0.1) is 5.41 Å². The van der Waals surface area contributed by atoms with Crippen LogP contribution in [0.3, 0.4) is 0 Å². The van der Waals surface area contributed by atoms with Crippen molar-refractivity contribution in [2.24, 2.45) is 5.73 Å². The molecule has 0 bridgehead atoms. The number of allylic oxidation sites excluding steroid dienone is 1. The largest absolute Gasteiger partial charge is 0.507 e. The van der Waals surface area contributed by atoms with Gasteiger partial charge in [-0.1, -0.05) is 12.1 Å². The van der Waals surface area contributed by atoms with Gasteiger partial charge in [0.15, 0.2) is 5.82 Å². The Bertz CT molecular complexity index is 651. The van der Waals surface area contributed by atoms with Crippen LogP contribution in [0.5, 0.6) is 5.75 Å². The topological polar surface area (TPSA) is 122 Å². The fraction of sp³-hybridized carbons (Fsp3) is 0. The maximum absolute atomic E-state index is 9.79. The van der Waals surface area contributed by atoms with Crippen LogP contribution in [0.15, 0.2) is 36.5 Å². The Morgan fingerprint density at radius 2 is 2.00 bits per heavy atom. The summed E-state index contributed by atoms with van der Waals surface area (Å²) < 4.78 is 0. The highest BCUT2D eigenvalue weighted by molar-refractivity contribution is 6.10. The van der Waals surface area contributed by atoms with Crippen molar-refractivity contribution >= 4 is 17.6 Å². The summed E-state index contributed by atoms with van der Waals surface area (Å²) in [6, 6.07) is 8.41. The van der Waals surface area contributed by atoms with E-state index < -0.39 is 0 Å². The maximum atomic E-state index is 9.79. The Morgan fingerprint density at radius 1 is 1.26 bits per heavy atom. The molecule has 1 aromatic heterocycles. The highest BCUT2D eigenvalue weighted by atomic mass is 16.3. The van der Waals surface area contributed by atoms with Gasteiger partial charge in [-0.15, -0.1) is 10.2 Å². The minimum absolute atomic E-state index is 0.0978. The number of nitrogen functional groups attached to an aromatic ring is 1. The number of nitrogens with zero attached hydrogens (tertiary/aromatic N) is 2. The number of nitrogens with two attached hydrogens (primary N) is 2. The molecule has 0 atom stereocenters. The average Bonchev–Trinajstić information content (AvgIpc) is 2.43. The number of phenols is 1. The summed E-state index contributed by atoms with van der Waals surface area (Å²) in [7, 11) is 0. The standard InChI is InChI=1S/C13H13N5O/c14-6-8(7-15)10-5-11(17-18-13(10)16)9-3-1-2-4-12(9)19/h1-7,14,19H,15H2,(H2,16,18)/b8-7+,14-6?. The Kier molecular flexibility index (Phi) is 3.42. The van der Waals surface area contributed by atoms with E-state index in [1.54, 1.807) is 30.3 Å². The molecular formula is C13H13N5O. The zero-order chi connectivity index (χ0) is 13.8. The van der Waals surface area contributed by atoms with Crippen LogP contribution in [-0.2, 0) is 0 Å². The number of benzene rings is 1. The Morgan fingerprint density at radius 3 is 2.63 bits per heavy atom. The van der Waals surface area contributed by atoms with Gasteiger partial charge >= 0.3 is 0 Å². The van der Waals surface area contributed by atoms with Gasteiger partial charge in [0.05, 0.1) is 5.69 Å². The summed E-state index contributed by atoms with van der Waals surface area (Å²) in [4.78, 5) is 0. The molecule has 2 rings (SSSR count). The van der Waals surface area contributed by atoms with Gasteiger partial charge in [-0.2, -0.15) is 0 Å². The minimum Gasteiger partial charge on any atom is -0.507 e. The molecule has 0 fully saturated rings. The SMILES string of the molecule is N=C/C(=C\N)c1cc(-c2ccccc2O)nnc1N. The van der Waals surface area contributed by atoms with Gasteiger partial charge in [0.25, 0.3) is 0 Å². The fourth-order valence-electron chi connectivity index (χ4n) is 1.67. The summed E-state index contributed by atoms with van der Waals surface area (Å²) in [5.74, 6) is 0.278. The first kappa shape index (κ1) is 12.6. The maximum Gasteiger partial charge on any atom is 0.154 e. The highest BCUT2D eigenvalue weighted by Crippen LogP contribution is 2.29. The van der Waals surface area contributed by atoms with Gasteiger partial charge in [0, 0.05) is 29.1 Å². The number of hydrogen-bond acceptors (Lipinski definition) is 6. The lowest BCUT2D eigenvalue weighted by Gasteiger charge is -2.08. The number of para-hydroxylation sites is 1. The number of rotatable bonds is 3. The third-order valence-corrected chi connectivity index (χ3v) is 2.65. The number of aromatic hydroxyl groups is 1. The van der Waals surface area contributed by atoms with E-state index in [4.69, 9.17) is 16.9 Å². The van der Waals surface area contributed by atoms with Gasteiger partial charge in [-0.25, -0.2) is 0 Å². The van der Waals surface area contributed by atoms with E-state index in [-0.39, 0.29) is 11.6 Å². The lowest BCUT2D eigenvalue weighted by molar-refractivity contribution is 0.477. The quantitative estimate of drug-likeness (QED) is 0.617. The van der Waals surface area contributed by atoms with E-state index in [1.165, 1.54) is 6.20 Å². The van der Waals surface area contributed by atoms with Crippen LogP contribution in [-0.4, -0.2) is 21.5 Å². The molecule has 6 nitrogen and oxygen atoms in total. The van der Waals surface area contributed by atoms with E-state index in [0.717, 1.165) is 6.21 Å². The second-order valence-corrected chi connectivity index (χ2v) is 3.81. The lowest BCUT2D eigenvalue weighted by Crippen LogP contribution is -2.02. The van der Waals surface area contributed by atoms with Crippen LogP contribution in [0.25, 0.3) is 16.8 Å². The van der Waals surface area contributed by atoms with Crippen molar-refractivity contribution in [1.82, 2.24) is 10.2 Å². The van der Waals surface area contributed by atoms with Gasteiger partial charge in [-0.05, 0) is 18.2 Å². The zero-order valence-corrected chi connectivity index (χ0v) is 10.0. The molecule has 0 spiro atoms. The molecule has 6 heteroatoms. The zero-order valence-electron chi connectivity index (χ0n) is 10.0. The number of anilines is 1. The van der Waals surface area contributed by atoms with Crippen molar-refractivity contribution in [3.8, 4) is 17.0 Å². The first-order chi connectivity index (χ1) is 9.17. The molecular weight excluding hydrogens is 242 g/mol. The van der Waals surface area contributed by atoms with Crippen molar-refractivity contribution in [2.75, 3.05) is 5.73 Å². The van der Waals surface area contributed by atoms with Crippen LogP contribution in [0.4, 0.5) is 5.82 Å². The van der Waals surface area contributed by atoms with E-state index >= 15 is 0 Å². The molecule has 0 amide bonds. The molecule has 0 unspecified atom stereocenters. The summed E-state index contributed by atoms with van der Waals surface area (Å²) in [6.07, 6.45) is 2.36. The molecule has 1 aromatic carbocycles. The summed E-state index contributed by atoms with van der Waals surface area (Å²) >= 11 is 0. The predicted molar refractivity (Wildman–Crippen MR) is 74.5 cm³/mol. The van der Waals surface area contributed by atoms with E-state index in [0.29, 0.717) is 22.4 Å². The number of phenolic OH excluding ortho intramolecular Hbond substituents is 1. The number of hydrogen-bond donors (Lipinski definition) is 4. The molecule has 0 radical (unpaired) electrons. The first-order valence-electron chi connectivity index (χ1n) is 5.51. The van der Waals surface area contributed by atoms with Crippen molar-refractivity contribution in [2.45, 2.75) is 0 Å². The normalized spacial score (nSPS) is 11.3. The Hall–Kier alpha value is -2.89. The Balaban J connectivity index is 2.59. The number of aromatic nitrogens is 2. The highest BCUT2D eigenvalue weighted by Gasteiger charge is 2.11. The molecule has 2 aromatic rings. The van der Waals surface area contributed by atoms with Gasteiger partial charge in [0.2, 0.25) is 0 Å². The lowest BCUT2D eigenvalue weighted by atomic mass is 10.0. The van der Waals surface area contributed by atoms with E-state index in [2.05, 4.69) is 10.2 Å². The first-order valence-corrected chi connectivity index (χ1v) is 5.51. The molecule has 1 heterocycles.